The van der Waals surface area contributed by atoms with Crippen LogP contribution in [0.25, 0.3) is 0 Å². The maximum absolute atomic E-state index is 15.3. The Labute approximate surface area is 197 Å². The fourth-order valence-corrected chi connectivity index (χ4v) is 4.93. The second kappa shape index (κ2) is 9.59. The molecule has 3 aromatic rings. The summed E-state index contributed by atoms with van der Waals surface area (Å²) in [5.41, 5.74) is 1.37. The molecule has 1 heterocycles. The van der Waals surface area contributed by atoms with Gasteiger partial charge in [-0.3, -0.25) is 4.90 Å². The largest absolute Gasteiger partial charge is 0.292 e. The smallest absolute Gasteiger partial charge is 0.126 e. The van der Waals surface area contributed by atoms with Crippen LogP contribution in [0, 0.1) is 28.9 Å². The zero-order valence-corrected chi connectivity index (χ0v) is 19.0. The maximum Gasteiger partial charge on any atom is 0.126 e. The van der Waals surface area contributed by atoms with E-state index in [1.54, 1.807) is 6.07 Å². The lowest BCUT2D eigenvalue weighted by Crippen LogP contribution is -2.50. The zero-order valence-electron chi connectivity index (χ0n) is 18.2. The van der Waals surface area contributed by atoms with Gasteiger partial charge in [0.2, 0.25) is 0 Å². The second-order valence-electron chi connectivity index (χ2n) is 9.08. The fourth-order valence-electron chi connectivity index (χ4n) is 4.80. The molecule has 3 aromatic carbocycles. The van der Waals surface area contributed by atoms with Crippen LogP contribution in [0.2, 0.25) is 5.02 Å². The molecule has 6 heteroatoms. The Morgan fingerprint density at radius 1 is 1.03 bits per heavy atom. The first-order valence-electron chi connectivity index (χ1n) is 10.9. The summed E-state index contributed by atoms with van der Waals surface area (Å²) in [6, 6.07) is 20.4. The van der Waals surface area contributed by atoms with Crippen LogP contribution in [0.5, 0.6) is 0 Å². The van der Waals surface area contributed by atoms with Gasteiger partial charge in [0.05, 0.1) is 17.7 Å². The number of benzene rings is 3. The van der Waals surface area contributed by atoms with Gasteiger partial charge in [0.15, 0.2) is 0 Å². The molecule has 0 spiro atoms. The SMILES string of the molecule is CC(F)(Cc1cc(F)cc(F)c1)CC1CN(C(c2ccc(Cl)cc2)c2cccc(C#N)c2)C1. The molecule has 0 amide bonds. The Kier molecular flexibility index (Phi) is 6.78. The van der Waals surface area contributed by atoms with Gasteiger partial charge in [-0.1, -0.05) is 35.9 Å². The summed E-state index contributed by atoms with van der Waals surface area (Å²) >= 11 is 6.07. The first kappa shape index (κ1) is 23.4. The normalized spacial score (nSPS) is 17.1. The van der Waals surface area contributed by atoms with E-state index in [4.69, 9.17) is 11.6 Å². The summed E-state index contributed by atoms with van der Waals surface area (Å²) < 4.78 is 42.3. The molecule has 33 heavy (non-hydrogen) atoms. The molecule has 2 unspecified atom stereocenters. The minimum atomic E-state index is -1.58. The van der Waals surface area contributed by atoms with Crippen molar-refractivity contribution < 1.29 is 13.2 Å². The molecule has 2 nitrogen and oxygen atoms in total. The quantitative estimate of drug-likeness (QED) is 0.378. The summed E-state index contributed by atoms with van der Waals surface area (Å²) in [6.07, 6.45) is 0.260. The van der Waals surface area contributed by atoms with Gasteiger partial charge >= 0.3 is 0 Å². The van der Waals surface area contributed by atoms with Crippen LogP contribution in [0.3, 0.4) is 0 Å². The molecule has 0 bridgehead atoms. The molecular weight excluding hydrogens is 445 g/mol. The fraction of sp³-hybridized carbons (Fsp3) is 0.296. The first-order valence-corrected chi connectivity index (χ1v) is 11.2. The highest BCUT2D eigenvalue weighted by Gasteiger charge is 2.38. The van der Waals surface area contributed by atoms with Crippen molar-refractivity contribution in [1.82, 2.24) is 4.90 Å². The number of halogens is 4. The van der Waals surface area contributed by atoms with Crippen molar-refractivity contribution in [2.75, 3.05) is 13.1 Å². The lowest BCUT2D eigenvalue weighted by Gasteiger charge is -2.46. The Hall–Kier alpha value is -2.81. The third kappa shape index (κ3) is 5.76. The lowest BCUT2D eigenvalue weighted by atomic mass is 9.82. The summed E-state index contributed by atoms with van der Waals surface area (Å²) in [5.74, 6) is -1.27. The maximum atomic E-state index is 15.3. The number of rotatable bonds is 7. The number of hydrogen-bond acceptors (Lipinski definition) is 2. The van der Waals surface area contributed by atoms with Crippen molar-refractivity contribution in [3.8, 4) is 6.07 Å². The van der Waals surface area contributed by atoms with Gasteiger partial charge < -0.3 is 0 Å². The molecule has 0 saturated carbocycles. The van der Waals surface area contributed by atoms with Gasteiger partial charge in [-0.05, 0) is 72.4 Å². The van der Waals surface area contributed by atoms with Gasteiger partial charge in [0, 0.05) is 30.6 Å². The van der Waals surface area contributed by atoms with Crippen LogP contribution < -0.4 is 0 Å². The van der Waals surface area contributed by atoms with Gasteiger partial charge in [-0.25, -0.2) is 13.2 Å². The summed E-state index contributed by atoms with van der Waals surface area (Å²) in [4.78, 5) is 2.25. The zero-order chi connectivity index (χ0) is 23.6. The van der Waals surface area contributed by atoms with Crippen LogP contribution in [-0.4, -0.2) is 23.7 Å². The van der Waals surface area contributed by atoms with Crippen LogP contribution in [0.1, 0.15) is 41.6 Å². The van der Waals surface area contributed by atoms with Crippen molar-refractivity contribution in [2.45, 2.75) is 31.5 Å². The molecule has 1 aliphatic heterocycles. The molecule has 1 saturated heterocycles. The lowest BCUT2D eigenvalue weighted by molar-refractivity contribution is 0.0237. The van der Waals surface area contributed by atoms with E-state index in [1.807, 2.05) is 42.5 Å². The minimum Gasteiger partial charge on any atom is -0.292 e. The molecule has 0 N–H and O–H groups in total. The number of alkyl halides is 1. The van der Waals surface area contributed by atoms with Crippen LogP contribution in [0.15, 0.2) is 66.7 Å². The molecular formula is C27H24ClF3N2. The van der Waals surface area contributed by atoms with Gasteiger partial charge in [-0.2, -0.15) is 5.26 Å². The van der Waals surface area contributed by atoms with Gasteiger partial charge in [-0.15, -0.1) is 0 Å². The van der Waals surface area contributed by atoms with Crippen molar-refractivity contribution in [3.63, 3.8) is 0 Å². The molecule has 1 fully saturated rings. The number of hydrogen-bond donors (Lipinski definition) is 0. The Morgan fingerprint density at radius 2 is 1.70 bits per heavy atom. The topological polar surface area (TPSA) is 27.0 Å². The molecule has 1 aliphatic rings. The number of nitriles is 1. The number of nitrogens with zero attached hydrogens (tertiary/aromatic N) is 2. The summed E-state index contributed by atoms with van der Waals surface area (Å²) in [7, 11) is 0. The molecule has 4 rings (SSSR count). The Morgan fingerprint density at radius 3 is 2.33 bits per heavy atom. The molecule has 0 radical (unpaired) electrons. The molecule has 2 atom stereocenters. The first-order chi connectivity index (χ1) is 15.7. The molecule has 170 valence electrons. The van der Waals surface area contributed by atoms with E-state index in [0.717, 1.165) is 17.2 Å². The average molecular weight is 469 g/mol. The van der Waals surface area contributed by atoms with Crippen LogP contribution >= 0.6 is 11.6 Å². The van der Waals surface area contributed by atoms with Gasteiger partial charge in [0.1, 0.15) is 17.3 Å². The van der Waals surface area contributed by atoms with E-state index in [-0.39, 0.29) is 18.4 Å². The third-order valence-corrected chi connectivity index (χ3v) is 6.33. The van der Waals surface area contributed by atoms with E-state index < -0.39 is 17.3 Å². The minimum absolute atomic E-state index is 0.0387. The highest BCUT2D eigenvalue weighted by Crippen LogP contribution is 2.39. The van der Waals surface area contributed by atoms with Crippen LogP contribution in [-0.2, 0) is 6.42 Å². The third-order valence-electron chi connectivity index (χ3n) is 6.08. The number of likely N-dealkylation sites (tertiary alicyclic amines) is 1. The van der Waals surface area contributed by atoms with E-state index in [1.165, 1.54) is 19.1 Å². The predicted molar refractivity (Wildman–Crippen MR) is 124 cm³/mol. The highest BCUT2D eigenvalue weighted by molar-refractivity contribution is 6.30. The standard InChI is InChI=1S/C27H24ClF3N2/c1-27(31,13-19-10-24(29)12-25(30)11-19)14-20-16-33(17-20)26(21-5-7-23(28)8-6-21)22-4-2-3-18(9-22)15-32/h2-12,20,26H,13-14,16-17H2,1H3. The van der Waals surface area contributed by atoms with E-state index in [2.05, 4.69) is 11.0 Å². The van der Waals surface area contributed by atoms with Crippen molar-refractivity contribution in [2.24, 2.45) is 5.92 Å². The summed E-state index contributed by atoms with van der Waals surface area (Å²) in [6.45, 7) is 2.85. The van der Waals surface area contributed by atoms with E-state index in [0.29, 0.717) is 35.7 Å². The van der Waals surface area contributed by atoms with Gasteiger partial charge in [0.25, 0.3) is 0 Å². The van der Waals surface area contributed by atoms with Crippen molar-refractivity contribution in [1.29, 1.82) is 5.26 Å². The molecule has 0 aromatic heterocycles. The monoisotopic (exact) mass is 468 g/mol. The van der Waals surface area contributed by atoms with E-state index >= 15 is 4.39 Å². The van der Waals surface area contributed by atoms with Crippen molar-refractivity contribution in [3.05, 3.63) is 106 Å². The Balaban J connectivity index is 1.47. The van der Waals surface area contributed by atoms with E-state index in [9.17, 15) is 14.0 Å². The highest BCUT2D eigenvalue weighted by atomic mass is 35.5. The average Bonchev–Trinajstić information content (AvgIpc) is 2.72. The Bertz CT molecular complexity index is 1140. The molecule has 0 aliphatic carbocycles. The predicted octanol–water partition coefficient (Wildman–Crippen LogP) is 6.87. The second-order valence-corrected chi connectivity index (χ2v) is 9.52. The van der Waals surface area contributed by atoms with Crippen molar-refractivity contribution >= 4 is 11.6 Å². The van der Waals surface area contributed by atoms with Crippen LogP contribution in [0.4, 0.5) is 13.2 Å². The summed E-state index contributed by atoms with van der Waals surface area (Å²) in [5, 5.41) is 9.96.